The van der Waals surface area contributed by atoms with Crippen molar-refractivity contribution in [2.24, 2.45) is 0 Å². The number of benzene rings is 2. The molecule has 198 valence electrons. The lowest BCUT2D eigenvalue weighted by Crippen LogP contribution is -2.79. The molecule has 3 aliphatic heterocycles. The standard InChI is InChI=1S/C27H32N2O7S/c1-28(2)18-6-4-5-7-20(18)37(31,32)29-13-12-25-22-17-8-9-19(33-3)23(22)36-24(25)27(34-14-15-35-27)11-10-26(25,30)21(29)16-17/h4-9,21,24,30H,10-16H2,1-3H3/t21-,24-,25+,26-/m1/s1. The molecule has 2 aromatic rings. The summed E-state index contributed by atoms with van der Waals surface area (Å²) in [4.78, 5) is 2.05. The van der Waals surface area contributed by atoms with Crippen molar-refractivity contribution in [3.8, 4) is 11.5 Å². The lowest BCUT2D eigenvalue weighted by Gasteiger charge is -2.64. The Bertz CT molecular complexity index is 1390. The molecule has 0 radical (unpaired) electrons. The fourth-order valence-corrected chi connectivity index (χ4v) is 9.77. The molecule has 1 saturated carbocycles. The van der Waals surface area contributed by atoms with Gasteiger partial charge in [-0.05, 0) is 43.0 Å². The van der Waals surface area contributed by atoms with Crippen LogP contribution in [0.1, 0.15) is 30.4 Å². The van der Waals surface area contributed by atoms with Crippen molar-refractivity contribution >= 4 is 15.7 Å². The SMILES string of the molecule is COc1ccc2c3c1O[C@H]1C4(CC[C@@]5(O)[C@@H](C2)N(S(=O)(=O)c2ccccc2N(C)C)CC[C@]315)OCCO4. The second-order valence-corrected chi connectivity index (χ2v) is 12.8. The van der Waals surface area contributed by atoms with Crippen LogP contribution >= 0.6 is 0 Å². The Morgan fingerprint density at radius 3 is 2.57 bits per heavy atom. The monoisotopic (exact) mass is 528 g/mol. The van der Waals surface area contributed by atoms with Crippen LogP contribution in [0.25, 0.3) is 0 Å². The molecule has 2 aromatic carbocycles. The molecule has 2 saturated heterocycles. The third kappa shape index (κ3) is 2.75. The number of rotatable bonds is 4. The maximum atomic E-state index is 14.3. The van der Waals surface area contributed by atoms with E-state index in [1.165, 1.54) is 4.31 Å². The van der Waals surface area contributed by atoms with Crippen LogP contribution in [0, 0.1) is 0 Å². The Balaban J connectivity index is 1.42. The number of nitrogens with zero attached hydrogens (tertiary/aromatic N) is 2. The van der Waals surface area contributed by atoms with E-state index in [2.05, 4.69) is 0 Å². The van der Waals surface area contributed by atoms with Crippen LogP contribution in [0.5, 0.6) is 11.5 Å². The van der Waals surface area contributed by atoms with Crippen LogP contribution in [0.4, 0.5) is 5.69 Å². The molecule has 9 nitrogen and oxygen atoms in total. The Morgan fingerprint density at radius 2 is 1.84 bits per heavy atom. The van der Waals surface area contributed by atoms with Gasteiger partial charge in [0.2, 0.25) is 15.8 Å². The van der Waals surface area contributed by atoms with Crippen LogP contribution < -0.4 is 14.4 Å². The summed E-state index contributed by atoms with van der Waals surface area (Å²) in [6.45, 7) is 1.17. The minimum absolute atomic E-state index is 0.245. The first-order valence-electron chi connectivity index (χ1n) is 12.9. The molecule has 0 aromatic heterocycles. The predicted octanol–water partition coefficient (Wildman–Crippen LogP) is 2.05. The smallest absolute Gasteiger partial charge is 0.245 e. The summed E-state index contributed by atoms with van der Waals surface area (Å²) >= 11 is 0. The Morgan fingerprint density at radius 1 is 1.08 bits per heavy atom. The second kappa shape index (κ2) is 7.60. The van der Waals surface area contributed by atoms with Crippen molar-refractivity contribution in [1.82, 2.24) is 4.31 Å². The van der Waals surface area contributed by atoms with Crippen LogP contribution in [0.2, 0.25) is 0 Å². The van der Waals surface area contributed by atoms with Gasteiger partial charge in [-0.15, -0.1) is 0 Å². The first-order chi connectivity index (χ1) is 17.7. The van der Waals surface area contributed by atoms with E-state index in [9.17, 15) is 13.5 Å². The zero-order valence-corrected chi connectivity index (χ0v) is 22.1. The van der Waals surface area contributed by atoms with Gasteiger partial charge >= 0.3 is 0 Å². The highest BCUT2D eigenvalue weighted by Gasteiger charge is 2.78. The summed E-state index contributed by atoms with van der Waals surface area (Å²) in [5.74, 6) is 0.247. The highest BCUT2D eigenvalue weighted by Crippen LogP contribution is 2.68. The molecule has 2 spiro atoms. The first-order valence-corrected chi connectivity index (χ1v) is 14.3. The second-order valence-electron chi connectivity index (χ2n) is 11.0. The van der Waals surface area contributed by atoms with Crippen molar-refractivity contribution in [1.29, 1.82) is 0 Å². The molecule has 10 heteroatoms. The largest absolute Gasteiger partial charge is 0.493 e. The molecular formula is C27H32N2O7S. The van der Waals surface area contributed by atoms with Crippen molar-refractivity contribution in [2.75, 3.05) is 45.9 Å². The highest BCUT2D eigenvalue weighted by molar-refractivity contribution is 7.89. The quantitative estimate of drug-likeness (QED) is 0.644. The summed E-state index contributed by atoms with van der Waals surface area (Å²) in [6, 6.07) is 10.2. The summed E-state index contributed by atoms with van der Waals surface area (Å²) < 4.78 is 54.8. The zero-order chi connectivity index (χ0) is 25.8. The molecule has 1 N–H and O–H groups in total. The van der Waals surface area contributed by atoms with Gasteiger partial charge in [0, 0.05) is 32.6 Å². The molecule has 3 fully saturated rings. The third-order valence-electron chi connectivity index (χ3n) is 9.33. The van der Waals surface area contributed by atoms with E-state index < -0.39 is 39.0 Å². The van der Waals surface area contributed by atoms with E-state index in [0.717, 1.165) is 11.1 Å². The Hall–Kier alpha value is -2.37. The molecule has 0 unspecified atom stereocenters. The lowest BCUT2D eigenvalue weighted by molar-refractivity contribution is -0.292. The molecule has 4 atom stereocenters. The van der Waals surface area contributed by atoms with E-state index in [1.54, 1.807) is 19.2 Å². The highest BCUT2D eigenvalue weighted by atomic mass is 32.2. The average molecular weight is 529 g/mol. The molecule has 3 heterocycles. The van der Waals surface area contributed by atoms with Crippen LogP contribution in [-0.2, 0) is 31.3 Å². The minimum Gasteiger partial charge on any atom is -0.493 e. The average Bonchev–Trinajstić information content (AvgIpc) is 3.49. The predicted molar refractivity (Wildman–Crippen MR) is 135 cm³/mol. The fraction of sp³-hybridized carbons (Fsp3) is 0.556. The first kappa shape index (κ1) is 23.7. The minimum atomic E-state index is -3.92. The maximum Gasteiger partial charge on any atom is 0.245 e. The number of para-hydroxylation sites is 1. The van der Waals surface area contributed by atoms with Gasteiger partial charge in [0.1, 0.15) is 4.90 Å². The van der Waals surface area contributed by atoms with Crippen molar-refractivity contribution in [2.45, 2.75) is 59.5 Å². The number of ether oxygens (including phenoxy) is 4. The van der Waals surface area contributed by atoms with Crippen LogP contribution in [0.3, 0.4) is 0 Å². The molecule has 5 aliphatic rings. The number of aliphatic hydroxyl groups is 1. The van der Waals surface area contributed by atoms with Gasteiger partial charge in [-0.25, -0.2) is 8.42 Å². The zero-order valence-electron chi connectivity index (χ0n) is 21.3. The van der Waals surface area contributed by atoms with Crippen molar-refractivity contribution in [3.63, 3.8) is 0 Å². The van der Waals surface area contributed by atoms with Crippen LogP contribution in [0.15, 0.2) is 41.3 Å². The molecule has 0 amide bonds. The van der Waals surface area contributed by atoms with Crippen molar-refractivity contribution in [3.05, 3.63) is 47.5 Å². The van der Waals surface area contributed by atoms with E-state index in [0.29, 0.717) is 56.1 Å². The van der Waals surface area contributed by atoms with Gasteiger partial charge in [0.25, 0.3) is 0 Å². The lowest BCUT2D eigenvalue weighted by atomic mass is 9.48. The van der Waals surface area contributed by atoms with Crippen molar-refractivity contribution < 1.29 is 32.5 Å². The third-order valence-corrected chi connectivity index (χ3v) is 11.3. The van der Waals surface area contributed by atoms with Gasteiger partial charge in [0.15, 0.2) is 17.6 Å². The number of piperidine rings is 1. The molecule has 7 rings (SSSR count). The van der Waals surface area contributed by atoms with E-state index >= 15 is 0 Å². The number of anilines is 1. The molecule has 2 bridgehead atoms. The molecule has 37 heavy (non-hydrogen) atoms. The van der Waals surface area contributed by atoms with Gasteiger partial charge in [-0.1, -0.05) is 18.2 Å². The molecular weight excluding hydrogens is 496 g/mol. The normalized spacial score (nSPS) is 33.2. The van der Waals surface area contributed by atoms with Crippen LogP contribution in [-0.4, -0.2) is 82.3 Å². The number of hydrogen-bond donors (Lipinski definition) is 1. The molecule has 2 aliphatic carbocycles. The van der Waals surface area contributed by atoms with Gasteiger partial charge in [-0.2, -0.15) is 4.31 Å². The summed E-state index contributed by atoms with van der Waals surface area (Å²) in [7, 11) is 1.36. The Labute approximate surface area is 216 Å². The summed E-state index contributed by atoms with van der Waals surface area (Å²) in [5, 5.41) is 12.7. The Kier molecular flexibility index (Phi) is 4.87. The number of sulfonamides is 1. The number of methoxy groups -OCH3 is 1. The topological polar surface area (TPSA) is 97.8 Å². The van der Waals surface area contributed by atoms with Gasteiger partial charge < -0.3 is 29.0 Å². The fourth-order valence-electron chi connectivity index (χ4n) is 7.84. The van der Waals surface area contributed by atoms with E-state index in [4.69, 9.17) is 18.9 Å². The van der Waals surface area contributed by atoms with Gasteiger partial charge in [-0.3, -0.25) is 0 Å². The van der Waals surface area contributed by atoms with E-state index in [-0.39, 0.29) is 11.4 Å². The number of fused-ring (bicyclic) bond motifs is 1. The maximum absolute atomic E-state index is 14.3. The van der Waals surface area contributed by atoms with E-state index in [1.807, 2.05) is 43.3 Å². The number of hydrogen-bond acceptors (Lipinski definition) is 8. The summed E-state index contributed by atoms with van der Waals surface area (Å²) in [5.41, 5.74) is 0.296. The van der Waals surface area contributed by atoms with Gasteiger partial charge in [0.05, 0.1) is 43.1 Å². The summed E-state index contributed by atoms with van der Waals surface area (Å²) in [6.07, 6.45) is 0.928.